The molecule has 1 aliphatic carbocycles. The lowest BCUT2D eigenvalue weighted by Crippen LogP contribution is -2.28. The molecule has 1 aromatic heterocycles. The minimum Gasteiger partial charge on any atom is -0.377 e. The zero-order valence-corrected chi connectivity index (χ0v) is 16.7. The highest BCUT2D eigenvalue weighted by molar-refractivity contribution is 7.92. The van der Waals surface area contributed by atoms with Crippen LogP contribution in [0, 0.1) is 5.92 Å². The first-order chi connectivity index (χ1) is 13.6. The Hall–Kier alpha value is -2.57. The van der Waals surface area contributed by atoms with E-state index in [1.54, 1.807) is 29.5 Å². The maximum Gasteiger partial charge on any atom is 0.261 e. The van der Waals surface area contributed by atoms with Crippen LogP contribution < -0.4 is 10.0 Å². The summed E-state index contributed by atoms with van der Waals surface area (Å²) in [5.74, 6) is 0.640. The minimum atomic E-state index is -3.63. The molecule has 4 nitrogen and oxygen atoms in total. The Balaban J connectivity index is 1.51. The smallest absolute Gasteiger partial charge is 0.261 e. The number of para-hydroxylation sites is 1. The lowest BCUT2D eigenvalue weighted by molar-refractivity contribution is 0.429. The zero-order chi connectivity index (χ0) is 19.1. The van der Waals surface area contributed by atoms with Crippen molar-refractivity contribution in [2.24, 2.45) is 5.92 Å². The molecule has 0 fully saturated rings. The summed E-state index contributed by atoms with van der Waals surface area (Å²) in [6, 6.07) is 18.9. The lowest BCUT2D eigenvalue weighted by atomic mass is 9.79. The van der Waals surface area contributed by atoms with Crippen LogP contribution in [0.25, 0.3) is 0 Å². The van der Waals surface area contributed by atoms with Crippen LogP contribution in [0.4, 0.5) is 11.4 Å². The summed E-state index contributed by atoms with van der Waals surface area (Å²) in [6.45, 7) is 0. The Labute approximate surface area is 169 Å². The van der Waals surface area contributed by atoms with Gasteiger partial charge in [0, 0.05) is 22.2 Å². The Kier molecular flexibility index (Phi) is 4.25. The lowest BCUT2D eigenvalue weighted by Gasteiger charge is -2.37. The van der Waals surface area contributed by atoms with Gasteiger partial charge in [0.05, 0.1) is 10.9 Å². The summed E-state index contributed by atoms with van der Waals surface area (Å²) in [4.78, 5) is 1.62. The highest BCUT2D eigenvalue weighted by atomic mass is 32.2. The molecular weight excluding hydrogens is 388 g/mol. The van der Waals surface area contributed by atoms with Crippen LogP contribution in [0.3, 0.4) is 0 Å². The fourth-order valence-electron chi connectivity index (χ4n) is 4.21. The van der Waals surface area contributed by atoms with Crippen molar-refractivity contribution in [3.8, 4) is 0 Å². The molecule has 5 rings (SSSR count). The second-order valence-electron chi connectivity index (χ2n) is 7.21. The standard InChI is InChI=1S/C22H20N2O2S2/c25-28(26,24-15-6-2-1-3-7-15)16-11-12-20-19(14-16)17-8-4-9-18(17)22(23-20)21-10-5-13-27-21/h1-8,10-14,17-18,22-24H,9H2. The van der Waals surface area contributed by atoms with Crippen LogP contribution in [0.1, 0.15) is 28.8 Å². The van der Waals surface area contributed by atoms with Crippen LogP contribution in [0.2, 0.25) is 0 Å². The van der Waals surface area contributed by atoms with Gasteiger partial charge in [-0.15, -0.1) is 11.3 Å². The van der Waals surface area contributed by atoms with E-state index in [4.69, 9.17) is 0 Å². The Morgan fingerprint density at radius 3 is 2.68 bits per heavy atom. The van der Waals surface area contributed by atoms with E-state index in [0.717, 1.165) is 17.7 Å². The summed E-state index contributed by atoms with van der Waals surface area (Å²) in [5.41, 5.74) is 2.64. The van der Waals surface area contributed by atoms with Gasteiger partial charge in [0.2, 0.25) is 0 Å². The fraction of sp³-hybridized carbons (Fsp3) is 0.182. The first kappa shape index (κ1) is 17.5. The van der Waals surface area contributed by atoms with Crippen molar-refractivity contribution in [3.05, 3.63) is 88.6 Å². The molecule has 0 bridgehead atoms. The number of hydrogen-bond acceptors (Lipinski definition) is 4. The van der Waals surface area contributed by atoms with E-state index in [-0.39, 0.29) is 12.0 Å². The summed E-state index contributed by atoms with van der Waals surface area (Å²) in [5, 5.41) is 5.76. The molecule has 0 amide bonds. The van der Waals surface area contributed by atoms with Gasteiger partial charge in [0.1, 0.15) is 0 Å². The molecule has 3 atom stereocenters. The van der Waals surface area contributed by atoms with Gasteiger partial charge in [-0.3, -0.25) is 4.72 Å². The minimum absolute atomic E-state index is 0.232. The number of nitrogens with one attached hydrogen (secondary N) is 2. The van der Waals surface area contributed by atoms with Crippen LogP contribution in [0.15, 0.2) is 83.1 Å². The van der Waals surface area contributed by atoms with Crippen molar-refractivity contribution in [2.75, 3.05) is 10.0 Å². The highest BCUT2D eigenvalue weighted by Crippen LogP contribution is 2.50. The maximum absolute atomic E-state index is 12.9. The molecule has 0 saturated heterocycles. The van der Waals surface area contributed by atoms with E-state index in [9.17, 15) is 8.42 Å². The van der Waals surface area contributed by atoms with Gasteiger partial charge in [-0.05, 0) is 59.7 Å². The molecule has 6 heteroatoms. The largest absolute Gasteiger partial charge is 0.377 e. The number of fused-ring (bicyclic) bond motifs is 3. The first-order valence-corrected chi connectivity index (χ1v) is 11.7. The number of anilines is 2. The number of hydrogen-bond donors (Lipinski definition) is 2. The summed E-state index contributed by atoms with van der Waals surface area (Å²) in [6.07, 6.45) is 5.45. The Morgan fingerprint density at radius 2 is 1.89 bits per heavy atom. The van der Waals surface area contributed by atoms with E-state index in [0.29, 0.717) is 16.5 Å². The van der Waals surface area contributed by atoms with E-state index in [2.05, 4.69) is 39.7 Å². The number of benzene rings is 2. The number of rotatable bonds is 4. The van der Waals surface area contributed by atoms with Crippen molar-refractivity contribution < 1.29 is 8.42 Å². The average Bonchev–Trinajstić information content (AvgIpc) is 3.40. The van der Waals surface area contributed by atoms with Gasteiger partial charge in [0.25, 0.3) is 10.0 Å². The third-order valence-corrected chi connectivity index (χ3v) is 7.85. The molecule has 2 aliphatic rings. The van der Waals surface area contributed by atoms with Crippen molar-refractivity contribution in [1.29, 1.82) is 0 Å². The van der Waals surface area contributed by atoms with E-state index >= 15 is 0 Å². The van der Waals surface area contributed by atoms with Gasteiger partial charge in [-0.2, -0.15) is 0 Å². The van der Waals surface area contributed by atoms with Crippen molar-refractivity contribution in [3.63, 3.8) is 0 Å². The monoisotopic (exact) mass is 408 g/mol. The topological polar surface area (TPSA) is 58.2 Å². The Bertz CT molecular complexity index is 1120. The van der Waals surface area contributed by atoms with Gasteiger partial charge >= 0.3 is 0 Å². The van der Waals surface area contributed by atoms with Crippen molar-refractivity contribution in [1.82, 2.24) is 0 Å². The number of thiophene rings is 1. The average molecular weight is 409 g/mol. The molecule has 0 radical (unpaired) electrons. The fourth-order valence-corrected chi connectivity index (χ4v) is 6.16. The van der Waals surface area contributed by atoms with Gasteiger partial charge in [-0.25, -0.2) is 8.42 Å². The van der Waals surface area contributed by atoms with Crippen molar-refractivity contribution >= 4 is 32.7 Å². The molecule has 1 aliphatic heterocycles. The van der Waals surface area contributed by atoms with Crippen LogP contribution in [0.5, 0.6) is 0 Å². The summed E-state index contributed by atoms with van der Waals surface area (Å²) in [7, 11) is -3.63. The molecule has 142 valence electrons. The SMILES string of the molecule is O=S(=O)(Nc1ccccc1)c1ccc2c(c1)C1C=CCC1C(c1cccs1)N2. The van der Waals surface area contributed by atoms with E-state index in [1.165, 1.54) is 4.88 Å². The second kappa shape index (κ2) is 6.79. The Morgan fingerprint density at radius 1 is 1.04 bits per heavy atom. The van der Waals surface area contributed by atoms with Crippen LogP contribution in [-0.4, -0.2) is 8.42 Å². The molecule has 3 aromatic rings. The predicted molar refractivity (Wildman–Crippen MR) is 114 cm³/mol. The summed E-state index contributed by atoms with van der Waals surface area (Å²) < 4.78 is 28.4. The third-order valence-electron chi connectivity index (χ3n) is 5.52. The molecular formula is C22H20N2O2S2. The molecule has 2 heterocycles. The zero-order valence-electron chi connectivity index (χ0n) is 15.1. The molecule has 2 aromatic carbocycles. The number of allylic oxidation sites excluding steroid dienone is 2. The normalized spacial score (nSPS) is 22.9. The summed E-state index contributed by atoms with van der Waals surface area (Å²) >= 11 is 1.77. The van der Waals surface area contributed by atoms with Gasteiger partial charge in [-0.1, -0.05) is 36.4 Å². The van der Waals surface area contributed by atoms with Gasteiger partial charge < -0.3 is 5.32 Å². The second-order valence-corrected chi connectivity index (χ2v) is 9.87. The molecule has 0 spiro atoms. The highest BCUT2D eigenvalue weighted by Gasteiger charge is 2.38. The van der Waals surface area contributed by atoms with E-state index in [1.807, 2.05) is 30.3 Å². The van der Waals surface area contributed by atoms with Crippen LogP contribution >= 0.6 is 11.3 Å². The number of sulfonamides is 1. The quantitative estimate of drug-likeness (QED) is 0.570. The van der Waals surface area contributed by atoms with E-state index < -0.39 is 10.0 Å². The first-order valence-electron chi connectivity index (χ1n) is 9.30. The van der Waals surface area contributed by atoms with Crippen molar-refractivity contribution in [2.45, 2.75) is 23.3 Å². The maximum atomic E-state index is 12.9. The molecule has 28 heavy (non-hydrogen) atoms. The third kappa shape index (κ3) is 3.02. The molecule has 3 unspecified atom stereocenters. The molecule has 0 saturated carbocycles. The van der Waals surface area contributed by atoms with Gasteiger partial charge in [0.15, 0.2) is 0 Å². The van der Waals surface area contributed by atoms with Crippen LogP contribution in [-0.2, 0) is 10.0 Å². The predicted octanol–water partition coefficient (Wildman–Crippen LogP) is 5.38. The molecule has 2 N–H and O–H groups in total.